The number of aliphatic carboxylic acids is 2. The molecule has 4 rings (SSSR count). The van der Waals surface area contributed by atoms with Gasteiger partial charge in [0.15, 0.2) is 0 Å². The highest BCUT2D eigenvalue weighted by atomic mass is 16.6. The molecular weight excluding hydrogens is 400 g/mol. The average molecular weight is 426 g/mol. The van der Waals surface area contributed by atoms with E-state index < -0.39 is 47.5 Å². The minimum absolute atomic E-state index is 0.271. The minimum atomic E-state index is -1.09. The smallest absolute Gasteiger partial charge is 0.318 e. The number of carbonyl (C=O) groups excluding carboxylic acids is 2. The van der Waals surface area contributed by atoms with Crippen molar-refractivity contribution < 1.29 is 34.1 Å². The molecule has 164 valence electrons. The van der Waals surface area contributed by atoms with E-state index in [1.165, 1.54) is 0 Å². The fourth-order valence-corrected chi connectivity index (χ4v) is 6.41. The molecule has 4 aliphatic rings. The molecule has 2 N–H and O–H groups in total. The molecule has 8 unspecified atom stereocenters. The van der Waals surface area contributed by atoms with Gasteiger partial charge in [0.2, 0.25) is 0 Å². The number of esters is 2. The molecule has 4 aliphatic carbocycles. The van der Waals surface area contributed by atoms with Crippen molar-refractivity contribution in [3.63, 3.8) is 0 Å². The van der Waals surface area contributed by atoms with E-state index in [4.69, 9.17) is 4.74 Å². The van der Waals surface area contributed by atoms with Crippen LogP contribution in [0.5, 0.6) is 0 Å². The summed E-state index contributed by atoms with van der Waals surface area (Å²) < 4.78 is 5.17. The third-order valence-electron chi connectivity index (χ3n) is 7.50. The monoisotopic (exact) mass is 426 g/mol. The van der Waals surface area contributed by atoms with Gasteiger partial charge in [0.05, 0.1) is 23.7 Å². The number of ether oxygens (including phenoxy) is 1. The van der Waals surface area contributed by atoms with Crippen LogP contribution in [0.2, 0.25) is 0 Å². The molecular formula is C24H26O7. The Balaban J connectivity index is 1.52. The zero-order valence-corrected chi connectivity index (χ0v) is 17.1. The first-order valence-corrected chi connectivity index (χ1v) is 10.6. The highest BCUT2D eigenvalue weighted by Crippen LogP contribution is 2.55. The number of hydrogen-bond acceptors (Lipinski definition) is 5. The van der Waals surface area contributed by atoms with Crippen molar-refractivity contribution >= 4 is 23.9 Å². The topological polar surface area (TPSA) is 118 Å². The Hall–Kier alpha value is -2.96. The first-order chi connectivity index (χ1) is 14.8. The zero-order chi connectivity index (χ0) is 22.4. The van der Waals surface area contributed by atoms with Crippen LogP contribution in [0.4, 0.5) is 0 Å². The normalized spacial score (nSPS) is 37.2. The van der Waals surface area contributed by atoms with Crippen molar-refractivity contribution in [2.45, 2.75) is 25.7 Å². The molecule has 4 bridgehead atoms. The van der Waals surface area contributed by atoms with E-state index in [1.807, 2.05) is 12.2 Å². The van der Waals surface area contributed by atoms with Gasteiger partial charge < -0.3 is 14.9 Å². The van der Waals surface area contributed by atoms with Gasteiger partial charge in [-0.05, 0) is 49.4 Å². The van der Waals surface area contributed by atoms with Gasteiger partial charge in [-0.2, -0.15) is 0 Å². The summed E-state index contributed by atoms with van der Waals surface area (Å²) in [5.41, 5.74) is 1.92. The second kappa shape index (κ2) is 7.94. The van der Waals surface area contributed by atoms with Gasteiger partial charge in [-0.3, -0.25) is 19.2 Å². The molecule has 0 amide bonds. The lowest BCUT2D eigenvalue weighted by Gasteiger charge is -2.28. The van der Waals surface area contributed by atoms with Gasteiger partial charge in [-0.1, -0.05) is 35.5 Å². The molecule has 2 fully saturated rings. The molecule has 7 heteroatoms. The van der Waals surface area contributed by atoms with Crippen molar-refractivity contribution in [3.8, 4) is 0 Å². The van der Waals surface area contributed by atoms with Crippen LogP contribution in [0.3, 0.4) is 0 Å². The molecule has 0 heterocycles. The molecule has 2 saturated carbocycles. The summed E-state index contributed by atoms with van der Waals surface area (Å²) in [6, 6.07) is 0. The van der Waals surface area contributed by atoms with Crippen LogP contribution in [-0.2, 0) is 23.9 Å². The highest BCUT2D eigenvalue weighted by molar-refractivity contribution is 5.94. The van der Waals surface area contributed by atoms with Crippen LogP contribution in [0, 0.1) is 47.3 Å². The van der Waals surface area contributed by atoms with Gasteiger partial charge in [-0.15, -0.1) is 13.2 Å². The number of carboxylic acids is 2. The number of allylic oxidation sites excluding steroid dienone is 6. The van der Waals surface area contributed by atoms with Crippen LogP contribution in [0.1, 0.15) is 25.7 Å². The third kappa shape index (κ3) is 3.36. The largest absolute Gasteiger partial charge is 0.481 e. The Bertz CT molecular complexity index is 852. The fourth-order valence-electron chi connectivity index (χ4n) is 6.41. The van der Waals surface area contributed by atoms with Gasteiger partial charge >= 0.3 is 23.9 Å². The first-order valence-electron chi connectivity index (χ1n) is 10.6. The molecule has 8 atom stereocenters. The maximum absolute atomic E-state index is 12.9. The Morgan fingerprint density at radius 2 is 1.19 bits per heavy atom. The number of rotatable bonds is 8. The molecule has 7 nitrogen and oxygen atoms in total. The maximum atomic E-state index is 12.9. The lowest BCUT2D eigenvalue weighted by molar-refractivity contribution is -0.173. The summed E-state index contributed by atoms with van der Waals surface area (Å²) in [5.74, 6) is -8.79. The third-order valence-corrected chi connectivity index (χ3v) is 7.50. The zero-order valence-electron chi connectivity index (χ0n) is 17.1. The molecule has 0 aromatic carbocycles. The summed E-state index contributed by atoms with van der Waals surface area (Å²) in [5, 5.41) is 19.5. The van der Waals surface area contributed by atoms with Crippen molar-refractivity contribution in [3.05, 3.63) is 48.6 Å². The predicted molar refractivity (Wildman–Crippen MR) is 109 cm³/mol. The molecule has 0 spiro atoms. The quantitative estimate of drug-likeness (QED) is 0.348. The first kappa shape index (κ1) is 21.3. The van der Waals surface area contributed by atoms with Gasteiger partial charge in [0, 0.05) is 0 Å². The van der Waals surface area contributed by atoms with E-state index in [9.17, 15) is 29.4 Å². The summed E-state index contributed by atoms with van der Waals surface area (Å²) >= 11 is 0. The second-order valence-electron chi connectivity index (χ2n) is 9.00. The Morgan fingerprint density at radius 1 is 0.806 bits per heavy atom. The molecule has 31 heavy (non-hydrogen) atoms. The van der Waals surface area contributed by atoms with Crippen LogP contribution in [0.25, 0.3) is 0 Å². The van der Waals surface area contributed by atoms with Crippen molar-refractivity contribution in [2.24, 2.45) is 47.3 Å². The lowest BCUT2D eigenvalue weighted by Crippen LogP contribution is -2.40. The molecule has 0 saturated heterocycles. The van der Waals surface area contributed by atoms with E-state index in [0.717, 1.165) is 11.1 Å². The predicted octanol–water partition coefficient (Wildman–Crippen LogP) is 2.99. The summed E-state index contributed by atoms with van der Waals surface area (Å²) in [7, 11) is 0. The lowest BCUT2D eigenvalue weighted by atomic mass is 9.78. The van der Waals surface area contributed by atoms with E-state index in [-0.39, 0.29) is 23.7 Å². The van der Waals surface area contributed by atoms with Crippen LogP contribution >= 0.6 is 0 Å². The van der Waals surface area contributed by atoms with E-state index in [0.29, 0.717) is 25.7 Å². The van der Waals surface area contributed by atoms with Crippen molar-refractivity contribution in [1.82, 2.24) is 0 Å². The van der Waals surface area contributed by atoms with Crippen LogP contribution in [0.15, 0.2) is 48.6 Å². The molecule has 0 radical (unpaired) electrons. The maximum Gasteiger partial charge on any atom is 0.318 e. The number of carboxylic acid groups (broad SMARTS) is 2. The minimum Gasteiger partial charge on any atom is -0.481 e. The van der Waals surface area contributed by atoms with Crippen molar-refractivity contribution in [2.75, 3.05) is 0 Å². The average Bonchev–Trinajstić information content (AvgIpc) is 3.45. The van der Waals surface area contributed by atoms with Gasteiger partial charge in [-0.25, -0.2) is 0 Å². The summed E-state index contributed by atoms with van der Waals surface area (Å²) in [6.45, 7) is 7.38. The fraction of sp³-hybridized carbons (Fsp3) is 0.500. The van der Waals surface area contributed by atoms with Crippen LogP contribution < -0.4 is 0 Å². The summed E-state index contributed by atoms with van der Waals surface area (Å²) in [6.07, 6.45) is 9.43. The Kier molecular flexibility index (Phi) is 5.45. The second-order valence-corrected chi connectivity index (χ2v) is 9.00. The number of hydrogen-bond donors (Lipinski definition) is 2. The molecule has 0 aromatic rings. The molecule has 0 aliphatic heterocycles. The Morgan fingerprint density at radius 3 is 1.52 bits per heavy atom. The van der Waals surface area contributed by atoms with Crippen LogP contribution in [-0.4, -0.2) is 34.1 Å². The van der Waals surface area contributed by atoms with E-state index >= 15 is 0 Å². The highest BCUT2D eigenvalue weighted by Gasteiger charge is 2.58. The van der Waals surface area contributed by atoms with Gasteiger partial charge in [0.25, 0.3) is 0 Å². The Labute approximate surface area is 180 Å². The molecule has 0 aromatic heterocycles. The van der Waals surface area contributed by atoms with Crippen molar-refractivity contribution in [1.29, 1.82) is 0 Å². The number of carbonyl (C=O) groups is 4. The standard InChI is InChI=1S/C24H26O7/c1-3-5-11-7-13-9-15(11)19(21(25)26)17(13)23(29)31-24(30)18-14-8-12(6-4-2)16(10-14)20(18)22(27)28/h3-4,7-8,13-20H,1-2,5-6,9-10H2,(H,25,26)(H,27,28). The summed E-state index contributed by atoms with van der Waals surface area (Å²) in [4.78, 5) is 49.6. The number of fused-ring (bicyclic) bond motifs is 4. The van der Waals surface area contributed by atoms with E-state index in [2.05, 4.69) is 13.2 Å². The SMILES string of the molecule is C=CCC1=CC2CC1C(C(=O)O)C2C(=O)OC(=O)C1C2C=C(CC=C)C(C2)C1C(=O)O. The van der Waals surface area contributed by atoms with E-state index in [1.54, 1.807) is 12.2 Å². The van der Waals surface area contributed by atoms with Gasteiger partial charge in [0.1, 0.15) is 0 Å².